The molecule has 0 amide bonds. The molecule has 0 bridgehead atoms. The van der Waals surface area contributed by atoms with Crippen LogP contribution >= 0.6 is 11.8 Å². The van der Waals surface area contributed by atoms with Gasteiger partial charge in [0.05, 0.1) is 5.75 Å². The molecule has 0 saturated carbocycles. The molecule has 0 saturated heterocycles. The van der Waals surface area contributed by atoms with Gasteiger partial charge in [-0.25, -0.2) is 9.97 Å². The lowest BCUT2D eigenvalue weighted by atomic mass is 9.86. The maximum atomic E-state index is 4.84. The number of nitrogens with one attached hydrogen (secondary N) is 1. The van der Waals surface area contributed by atoms with Crippen LogP contribution in [-0.2, 0) is 18.6 Å². The zero-order chi connectivity index (χ0) is 15.2. The molecule has 4 heteroatoms. The van der Waals surface area contributed by atoms with E-state index < -0.39 is 0 Å². The second-order valence-corrected chi connectivity index (χ2v) is 7.52. The van der Waals surface area contributed by atoms with Gasteiger partial charge in [0.15, 0.2) is 0 Å². The molecular formula is C17H29N3S. The van der Waals surface area contributed by atoms with Crippen LogP contribution in [0.5, 0.6) is 0 Å². The first kappa shape index (κ1) is 16.8. The molecule has 2 rings (SSSR count). The van der Waals surface area contributed by atoms with Crippen LogP contribution in [0.4, 0.5) is 0 Å². The van der Waals surface area contributed by atoms with Gasteiger partial charge < -0.3 is 5.32 Å². The molecule has 1 aliphatic rings. The maximum absolute atomic E-state index is 4.84. The summed E-state index contributed by atoms with van der Waals surface area (Å²) in [4.78, 5) is 9.60. The van der Waals surface area contributed by atoms with Gasteiger partial charge in [0, 0.05) is 16.6 Å². The number of aromatic nitrogens is 2. The van der Waals surface area contributed by atoms with Crippen molar-refractivity contribution in [1.82, 2.24) is 15.3 Å². The zero-order valence-electron chi connectivity index (χ0n) is 13.9. The lowest BCUT2D eigenvalue weighted by Crippen LogP contribution is -2.28. The predicted octanol–water partition coefficient (Wildman–Crippen LogP) is 3.53. The lowest BCUT2D eigenvalue weighted by Gasteiger charge is -2.25. The molecule has 1 aromatic rings. The third-order valence-corrected chi connectivity index (χ3v) is 5.71. The molecule has 0 spiro atoms. The highest BCUT2D eigenvalue weighted by molar-refractivity contribution is 7.99. The van der Waals surface area contributed by atoms with Crippen LogP contribution in [0.2, 0.25) is 0 Å². The summed E-state index contributed by atoms with van der Waals surface area (Å²) in [5.41, 5.74) is 3.94. The van der Waals surface area contributed by atoms with Crippen molar-refractivity contribution >= 4 is 11.8 Å². The molecule has 1 heterocycles. The smallest absolute Gasteiger partial charge is 0.138 e. The van der Waals surface area contributed by atoms with Crippen LogP contribution in [0.1, 0.15) is 56.4 Å². The predicted molar refractivity (Wildman–Crippen MR) is 91.9 cm³/mol. The standard InChI is InChI=1S/C17H29N3S/c1-5-12(3)21-11-17-19-13(4)15-9-14(10-18-6-2)7-8-16(15)20-17/h12,14,18H,5-11H2,1-4H3. The molecule has 0 aromatic carbocycles. The second-order valence-electron chi connectivity index (χ2n) is 6.10. The van der Waals surface area contributed by atoms with Crippen molar-refractivity contribution in [2.45, 2.75) is 64.4 Å². The van der Waals surface area contributed by atoms with E-state index in [0.717, 1.165) is 43.4 Å². The Kier molecular flexibility index (Phi) is 6.49. The van der Waals surface area contributed by atoms with Crippen molar-refractivity contribution in [3.63, 3.8) is 0 Å². The summed E-state index contributed by atoms with van der Waals surface area (Å²) in [6.45, 7) is 11.0. The van der Waals surface area contributed by atoms with Gasteiger partial charge in [0.25, 0.3) is 0 Å². The SMILES string of the molecule is CCNCC1CCc2nc(CSC(C)CC)nc(C)c2C1. The lowest BCUT2D eigenvalue weighted by molar-refractivity contribution is 0.422. The van der Waals surface area contributed by atoms with Gasteiger partial charge in [-0.3, -0.25) is 0 Å². The van der Waals surface area contributed by atoms with E-state index in [-0.39, 0.29) is 0 Å². The van der Waals surface area contributed by atoms with Crippen molar-refractivity contribution in [2.75, 3.05) is 13.1 Å². The summed E-state index contributed by atoms with van der Waals surface area (Å²) in [5, 5.41) is 4.16. The Morgan fingerprint density at radius 3 is 2.86 bits per heavy atom. The van der Waals surface area contributed by atoms with Gasteiger partial charge in [-0.2, -0.15) is 11.8 Å². The molecule has 1 aromatic heterocycles. The largest absolute Gasteiger partial charge is 0.317 e. The topological polar surface area (TPSA) is 37.8 Å². The molecule has 1 aliphatic carbocycles. The molecule has 2 atom stereocenters. The van der Waals surface area contributed by atoms with E-state index in [1.165, 1.54) is 29.8 Å². The van der Waals surface area contributed by atoms with Gasteiger partial charge in [-0.15, -0.1) is 0 Å². The van der Waals surface area contributed by atoms with Crippen LogP contribution in [0, 0.1) is 12.8 Å². The average Bonchev–Trinajstić information content (AvgIpc) is 2.50. The fraction of sp³-hybridized carbons (Fsp3) is 0.765. The van der Waals surface area contributed by atoms with Crippen molar-refractivity contribution < 1.29 is 0 Å². The first-order valence-corrected chi connectivity index (χ1v) is 9.36. The molecule has 2 unspecified atom stereocenters. The fourth-order valence-electron chi connectivity index (χ4n) is 2.84. The van der Waals surface area contributed by atoms with Gasteiger partial charge in [-0.05, 0) is 57.2 Å². The molecule has 118 valence electrons. The third-order valence-electron chi connectivity index (χ3n) is 4.38. The number of rotatable bonds is 7. The van der Waals surface area contributed by atoms with E-state index in [1.54, 1.807) is 0 Å². The third kappa shape index (κ3) is 4.68. The average molecular weight is 308 g/mol. The highest BCUT2D eigenvalue weighted by Gasteiger charge is 2.22. The molecule has 3 nitrogen and oxygen atoms in total. The minimum atomic E-state index is 0.689. The quantitative estimate of drug-likeness (QED) is 0.836. The Hall–Kier alpha value is -0.610. The Balaban J connectivity index is 2.03. The van der Waals surface area contributed by atoms with Crippen LogP contribution in [0.25, 0.3) is 0 Å². The first-order chi connectivity index (χ1) is 10.1. The van der Waals surface area contributed by atoms with Gasteiger partial charge >= 0.3 is 0 Å². The number of hydrogen-bond acceptors (Lipinski definition) is 4. The Bertz CT molecular complexity index is 462. The highest BCUT2D eigenvalue weighted by Crippen LogP contribution is 2.27. The van der Waals surface area contributed by atoms with E-state index >= 15 is 0 Å². The van der Waals surface area contributed by atoms with Gasteiger partial charge in [-0.1, -0.05) is 20.8 Å². The number of nitrogens with zero attached hydrogens (tertiary/aromatic N) is 2. The Morgan fingerprint density at radius 1 is 1.33 bits per heavy atom. The summed E-state index contributed by atoms with van der Waals surface area (Å²) in [7, 11) is 0. The fourth-order valence-corrected chi connectivity index (χ4v) is 3.64. The summed E-state index contributed by atoms with van der Waals surface area (Å²) in [5.74, 6) is 2.73. The van der Waals surface area contributed by atoms with Crippen molar-refractivity contribution in [3.8, 4) is 0 Å². The number of thioether (sulfide) groups is 1. The van der Waals surface area contributed by atoms with Crippen LogP contribution in [-0.4, -0.2) is 28.3 Å². The minimum Gasteiger partial charge on any atom is -0.317 e. The van der Waals surface area contributed by atoms with E-state index in [1.807, 2.05) is 11.8 Å². The normalized spacial score (nSPS) is 19.3. The van der Waals surface area contributed by atoms with E-state index in [4.69, 9.17) is 9.97 Å². The molecule has 0 radical (unpaired) electrons. The Labute approximate surface area is 133 Å². The highest BCUT2D eigenvalue weighted by atomic mass is 32.2. The van der Waals surface area contributed by atoms with Crippen LogP contribution in [0.15, 0.2) is 0 Å². The van der Waals surface area contributed by atoms with E-state index in [2.05, 4.69) is 33.0 Å². The molecule has 0 aliphatic heterocycles. The number of fused-ring (bicyclic) bond motifs is 1. The zero-order valence-corrected chi connectivity index (χ0v) is 14.7. The van der Waals surface area contributed by atoms with E-state index in [0.29, 0.717) is 5.25 Å². The van der Waals surface area contributed by atoms with Gasteiger partial charge in [0.1, 0.15) is 5.82 Å². The molecule has 21 heavy (non-hydrogen) atoms. The van der Waals surface area contributed by atoms with E-state index in [9.17, 15) is 0 Å². The summed E-state index contributed by atoms with van der Waals surface area (Å²) in [6.07, 6.45) is 4.73. The molecule has 1 N–H and O–H groups in total. The monoisotopic (exact) mass is 307 g/mol. The summed E-state index contributed by atoms with van der Waals surface area (Å²) < 4.78 is 0. The molecular weight excluding hydrogens is 278 g/mol. The van der Waals surface area contributed by atoms with Crippen molar-refractivity contribution in [1.29, 1.82) is 0 Å². The van der Waals surface area contributed by atoms with Crippen LogP contribution in [0.3, 0.4) is 0 Å². The summed E-state index contributed by atoms with van der Waals surface area (Å²) >= 11 is 1.97. The molecule has 0 fully saturated rings. The summed E-state index contributed by atoms with van der Waals surface area (Å²) in [6, 6.07) is 0. The number of hydrogen-bond donors (Lipinski definition) is 1. The second kappa shape index (κ2) is 8.14. The van der Waals surface area contributed by atoms with Crippen molar-refractivity contribution in [3.05, 3.63) is 22.8 Å². The van der Waals surface area contributed by atoms with Gasteiger partial charge in [0.2, 0.25) is 0 Å². The van der Waals surface area contributed by atoms with Crippen molar-refractivity contribution in [2.24, 2.45) is 5.92 Å². The maximum Gasteiger partial charge on any atom is 0.138 e. The minimum absolute atomic E-state index is 0.689. The Morgan fingerprint density at radius 2 is 2.14 bits per heavy atom. The number of aryl methyl sites for hydroxylation is 2. The first-order valence-electron chi connectivity index (χ1n) is 8.31. The van der Waals surface area contributed by atoms with Crippen LogP contribution < -0.4 is 5.32 Å².